The van der Waals surface area contributed by atoms with E-state index in [0.717, 1.165) is 0 Å². The van der Waals surface area contributed by atoms with E-state index in [1.165, 1.54) is 23.2 Å². The lowest BCUT2D eigenvalue weighted by molar-refractivity contribution is -0.154. The topological polar surface area (TPSA) is 114 Å². The van der Waals surface area contributed by atoms with Crippen LogP contribution in [0.3, 0.4) is 0 Å². The zero-order valence-corrected chi connectivity index (χ0v) is 12.8. The summed E-state index contributed by atoms with van der Waals surface area (Å²) >= 11 is 0. The summed E-state index contributed by atoms with van der Waals surface area (Å²) in [6.45, 7) is 3.70. The molecule has 3 heterocycles. The lowest BCUT2D eigenvalue weighted by atomic mass is 9.83. The maximum atomic E-state index is 12.3. The quantitative estimate of drug-likeness (QED) is 0.628. The highest BCUT2D eigenvalue weighted by Crippen LogP contribution is 2.49. The molecule has 2 saturated heterocycles. The molecule has 0 spiro atoms. The molecule has 7 heteroatoms. The molecule has 0 aliphatic carbocycles. The van der Waals surface area contributed by atoms with Crippen molar-refractivity contribution in [1.29, 1.82) is 0 Å². The number of hydrogen-bond acceptors (Lipinski definition) is 4. The minimum Gasteiger partial charge on any atom is -0.480 e. The van der Waals surface area contributed by atoms with E-state index in [0.29, 0.717) is 23.3 Å². The van der Waals surface area contributed by atoms with Gasteiger partial charge in [-0.1, -0.05) is 13.8 Å². The lowest BCUT2D eigenvalue weighted by Crippen LogP contribution is -2.57. The first-order chi connectivity index (χ1) is 10.7. The van der Waals surface area contributed by atoms with Gasteiger partial charge < -0.3 is 15.7 Å². The Balaban J connectivity index is 1.93. The van der Waals surface area contributed by atoms with Crippen LogP contribution in [0.5, 0.6) is 0 Å². The number of fused-ring (bicyclic) bond motifs is 1. The Labute approximate surface area is 132 Å². The number of nitrogens with zero attached hydrogens (tertiary/aromatic N) is 2. The number of carboxylic acid groups (broad SMARTS) is 1. The summed E-state index contributed by atoms with van der Waals surface area (Å²) in [6, 6.07) is 1.97. The van der Waals surface area contributed by atoms with Crippen molar-refractivity contribution >= 4 is 23.9 Å². The monoisotopic (exact) mass is 315 g/mol. The van der Waals surface area contributed by atoms with E-state index in [4.69, 9.17) is 5.73 Å². The number of aliphatic carboxylic acids is 1. The van der Waals surface area contributed by atoms with Crippen LogP contribution >= 0.6 is 0 Å². The highest BCUT2D eigenvalue weighted by atomic mass is 16.4. The third-order valence-corrected chi connectivity index (χ3v) is 4.52. The molecule has 120 valence electrons. The van der Waals surface area contributed by atoms with Crippen LogP contribution in [0, 0.1) is 5.41 Å². The summed E-state index contributed by atoms with van der Waals surface area (Å²) in [6.07, 6.45) is 3.64. The van der Waals surface area contributed by atoms with Crippen LogP contribution in [-0.2, 0) is 9.59 Å². The number of carboxylic acids is 1. The molecule has 2 amide bonds. The zero-order chi connectivity index (χ0) is 16.9. The van der Waals surface area contributed by atoms with Gasteiger partial charge in [0.1, 0.15) is 6.04 Å². The van der Waals surface area contributed by atoms with Crippen LogP contribution < -0.4 is 5.73 Å². The van der Waals surface area contributed by atoms with Gasteiger partial charge in [-0.2, -0.15) is 0 Å². The predicted molar refractivity (Wildman–Crippen MR) is 81.2 cm³/mol. The Morgan fingerprint density at radius 2 is 2.17 bits per heavy atom. The van der Waals surface area contributed by atoms with Crippen molar-refractivity contribution in [2.75, 3.05) is 0 Å². The minimum absolute atomic E-state index is 0.224. The molecule has 2 fully saturated rings. The number of nitrogens with two attached hydrogens (primary N) is 1. The maximum Gasteiger partial charge on any atom is 0.327 e. The van der Waals surface area contributed by atoms with Crippen molar-refractivity contribution < 1.29 is 19.5 Å². The maximum absolute atomic E-state index is 12.3. The molecule has 0 bridgehead atoms. The fourth-order valence-electron chi connectivity index (χ4n) is 3.46. The van der Waals surface area contributed by atoms with Crippen LogP contribution in [0.4, 0.5) is 0 Å². The van der Waals surface area contributed by atoms with Crippen LogP contribution in [0.1, 0.15) is 36.3 Å². The van der Waals surface area contributed by atoms with Gasteiger partial charge in [0.2, 0.25) is 5.91 Å². The van der Waals surface area contributed by atoms with Crippen molar-refractivity contribution in [3.63, 3.8) is 0 Å². The number of rotatable bonds is 3. The number of β-lactam (4-membered cyclic amide) rings is 1. The van der Waals surface area contributed by atoms with Crippen LogP contribution in [-0.4, -0.2) is 44.9 Å². The molecule has 3 N–H and O–H groups in total. The van der Waals surface area contributed by atoms with E-state index in [9.17, 15) is 19.5 Å². The summed E-state index contributed by atoms with van der Waals surface area (Å²) in [5.41, 5.74) is 6.03. The molecule has 2 aliphatic rings. The van der Waals surface area contributed by atoms with Gasteiger partial charge in [0.15, 0.2) is 0 Å². The summed E-state index contributed by atoms with van der Waals surface area (Å²) in [7, 11) is 0. The van der Waals surface area contributed by atoms with Crippen molar-refractivity contribution in [2.45, 2.75) is 32.4 Å². The zero-order valence-electron chi connectivity index (χ0n) is 12.8. The Bertz CT molecular complexity index is 753. The van der Waals surface area contributed by atoms with Crippen molar-refractivity contribution in [1.82, 2.24) is 9.88 Å². The SMILES string of the molecule is CC1(C)CC2/C(=C\c3cc(C(N)=O)ccn3)C(=O)N2[C@H]1C(=O)O. The predicted octanol–water partition coefficient (Wildman–Crippen LogP) is 0.658. The Kier molecular flexibility index (Phi) is 3.24. The van der Waals surface area contributed by atoms with E-state index in [-0.39, 0.29) is 11.9 Å². The number of hydrogen-bond donors (Lipinski definition) is 2. The summed E-state index contributed by atoms with van der Waals surface area (Å²) < 4.78 is 0. The van der Waals surface area contributed by atoms with E-state index in [1.54, 1.807) is 6.08 Å². The molecule has 23 heavy (non-hydrogen) atoms. The van der Waals surface area contributed by atoms with Crippen LogP contribution in [0.25, 0.3) is 6.08 Å². The number of carbonyl (C=O) groups excluding carboxylic acids is 2. The average Bonchev–Trinajstić information content (AvgIpc) is 2.73. The Hall–Kier alpha value is -2.70. The Morgan fingerprint density at radius 1 is 1.48 bits per heavy atom. The normalized spacial score (nSPS) is 26.8. The van der Waals surface area contributed by atoms with E-state index in [2.05, 4.69) is 4.98 Å². The van der Waals surface area contributed by atoms with E-state index >= 15 is 0 Å². The first-order valence-electron chi connectivity index (χ1n) is 7.25. The van der Waals surface area contributed by atoms with Gasteiger partial charge >= 0.3 is 5.97 Å². The van der Waals surface area contributed by atoms with Crippen LogP contribution in [0.2, 0.25) is 0 Å². The van der Waals surface area contributed by atoms with E-state index < -0.39 is 23.3 Å². The molecule has 2 aliphatic heterocycles. The first-order valence-corrected chi connectivity index (χ1v) is 7.25. The molecule has 1 unspecified atom stereocenters. The van der Waals surface area contributed by atoms with Crippen molar-refractivity contribution in [2.24, 2.45) is 11.1 Å². The third kappa shape index (κ3) is 2.28. The molecule has 0 radical (unpaired) electrons. The number of pyridine rings is 1. The smallest absolute Gasteiger partial charge is 0.327 e. The molecular formula is C16H17N3O4. The fourth-order valence-corrected chi connectivity index (χ4v) is 3.46. The number of carbonyl (C=O) groups is 3. The van der Waals surface area contributed by atoms with Gasteiger partial charge in [0, 0.05) is 17.3 Å². The standard InChI is InChI=1S/C16H17N3O4/c1-16(2)7-11-10(14(21)19(11)12(16)15(22)23)6-9-5-8(13(17)20)3-4-18-9/h3-6,11-12H,7H2,1-2H3,(H2,17,20)(H,22,23)/b10-6+/t11?,12-/m0/s1. The van der Waals surface area contributed by atoms with Crippen molar-refractivity contribution in [3.05, 3.63) is 35.2 Å². The van der Waals surface area contributed by atoms with Crippen LogP contribution in [0.15, 0.2) is 23.9 Å². The van der Waals surface area contributed by atoms with Gasteiger partial charge in [-0.3, -0.25) is 14.6 Å². The second kappa shape index (κ2) is 4.91. The van der Waals surface area contributed by atoms with E-state index in [1.807, 2.05) is 13.8 Å². The first kappa shape index (κ1) is 15.2. The van der Waals surface area contributed by atoms with Gasteiger partial charge in [-0.15, -0.1) is 0 Å². The number of aromatic nitrogens is 1. The number of primary amides is 1. The van der Waals surface area contributed by atoms with Gasteiger partial charge in [0.25, 0.3) is 5.91 Å². The largest absolute Gasteiger partial charge is 0.480 e. The second-order valence-electron chi connectivity index (χ2n) is 6.60. The third-order valence-electron chi connectivity index (χ3n) is 4.52. The molecular weight excluding hydrogens is 298 g/mol. The molecule has 7 nitrogen and oxygen atoms in total. The highest BCUT2D eigenvalue weighted by Gasteiger charge is 2.60. The molecule has 2 atom stereocenters. The summed E-state index contributed by atoms with van der Waals surface area (Å²) in [5, 5.41) is 9.39. The molecule has 1 aromatic rings. The molecule has 3 rings (SSSR count). The fraction of sp³-hybridized carbons (Fsp3) is 0.375. The Morgan fingerprint density at radius 3 is 2.78 bits per heavy atom. The van der Waals surface area contributed by atoms with Gasteiger partial charge in [0.05, 0.1) is 11.7 Å². The minimum atomic E-state index is -0.987. The second-order valence-corrected chi connectivity index (χ2v) is 6.60. The molecule has 0 saturated carbocycles. The lowest BCUT2D eigenvalue weighted by Gasteiger charge is -2.40. The molecule has 1 aromatic heterocycles. The number of amides is 2. The highest BCUT2D eigenvalue weighted by molar-refractivity contribution is 6.08. The van der Waals surface area contributed by atoms with Crippen molar-refractivity contribution in [3.8, 4) is 0 Å². The summed E-state index contributed by atoms with van der Waals surface area (Å²) in [5.74, 6) is -1.85. The van der Waals surface area contributed by atoms with Gasteiger partial charge in [-0.25, -0.2) is 4.79 Å². The average molecular weight is 315 g/mol. The van der Waals surface area contributed by atoms with Gasteiger partial charge in [-0.05, 0) is 30.0 Å². The summed E-state index contributed by atoms with van der Waals surface area (Å²) in [4.78, 5) is 40.5. The molecule has 0 aromatic carbocycles.